The van der Waals surface area contributed by atoms with Crippen LogP contribution in [0.25, 0.3) is 0 Å². The second-order valence-corrected chi connectivity index (χ2v) is 3.43. The molecule has 0 radical (unpaired) electrons. The van der Waals surface area contributed by atoms with Crippen LogP contribution >= 0.6 is 0 Å². The largest absolute Gasteiger partial charge is 0.322 e. The summed E-state index contributed by atoms with van der Waals surface area (Å²) in [5.74, 6) is 1.63. The van der Waals surface area contributed by atoms with Crippen LogP contribution < -0.4 is 5.73 Å². The van der Waals surface area contributed by atoms with Crippen LogP contribution in [-0.2, 0) is 4.79 Å². The second kappa shape index (κ2) is 2.70. The lowest BCUT2D eigenvalue weighted by atomic mass is 10.1. The number of Topliss-reactive ketones (excluding diaryl/α,β-unsaturated/α-hetero) is 1. The number of ketones is 1. The Morgan fingerprint density at radius 1 is 1.80 bits per heavy atom. The van der Waals surface area contributed by atoms with Gasteiger partial charge < -0.3 is 5.73 Å². The molecule has 2 unspecified atom stereocenters. The summed E-state index contributed by atoms with van der Waals surface area (Å²) in [4.78, 5) is 11.0. The van der Waals surface area contributed by atoms with E-state index in [1.807, 2.05) is 0 Å². The Morgan fingerprint density at radius 3 is 2.60 bits per heavy atom. The molecule has 0 aromatic heterocycles. The van der Waals surface area contributed by atoms with Gasteiger partial charge in [-0.25, -0.2) is 0 Å². The van der Waals surface area contributed by atoms with Gasteiger partial charge in [-0.3, -0.25) is 4.79 Å². The highest BCUT2D eigenvalue weighted by atomic mass is 16.1. The molecule has 3 atom stereocenters. The maximum absolute atomic E-state index is 11.0. The van der Waals surface area contributed by atoms with Crippen LogP contribution in [0.5, 0.6) is 0 Å². The summed E-state index contributed by atoms with van der Waals surface area (Å²) in [6.07, 6.45) is 1.93. The first-order valence-electron chi connectivity index (χ1n) is 3.89. The molecule has 0 heterocycles. The number of rotatable bonds is 3. The molecule has 0 aromatic carbocycles. The van der Waals surface area contributed by atoms with E-state index in [1.165, 1.54) is 6.42 Å². The smallest absolute Gasteiger partial charge is 0.149 e. The highest BCUT2D eigenvalue weighted by Crippen LogP contribution is 2.40. The lowest BCUT2D eigenvalue weighted by Crippen LogP contribution is -2.26. The normalized spacial score (nSPS) is 33.5. The van der Waals surface area contributed by atoms with Crippen LogP contribution in [0.3, 0.4) is 0 Å². The van der Waals surface area contributed by atoms with Crippen molar-refractivity contribution in [2.24, 2.45) is 17.6 Å². The molecule has 2 N–H and O–H groups in total. The zero-order valence-electron chi connectivity index (χ0n) is 6.63. The maximum atomic E-state index is 11.0. The van der Waals surface area contributed by atoms with Crippen molar-refractivity contribution in [2.75, 3.05) is 0 Å². The molecular formula is C8H15NO. The van der Waals surface area contributed by atoms with Crippen LogP contribution in [0.15, 0.2) is 0 Å². The molecule has 0 aromatic rings. The fraction of sp³-hybridized carbons (Fsp3) is 0.875. The summed E-state index contributed by atoms with van der Waals surface area (Å²) in [5.41, 5.74) is 5.41. The minimum Gasteiger partial charge on any atom is -0.322 e. The van der Waals surface area contributed by atoms with Gasteiger partial charge in [0, 0.05) is 6.42 Å². The number of carbonyl (C=O) groups excluding carboxylic acids is 1. The third-order valence-electron chi connectivity index (χ3n) is 2.25. The van der Waals surface area contributed by atoms with E-state index in [1.54, 1.807) is 6.92 Å². The summed E-state index contributed by atoms with van der Waals surface area (Å²) < 4.78 is 0. The van der Waals surface area contributed by atoms with Gasteiger partial charge in [0.1, 0.15) is 5.78 Å². The van der Waals surface area contributed by atoms with Gasteiger partial charge in [-0.2, -0.15) is 0 Å². The number of nitrogens with two attached hydrogens (primary N) is 1. The molecule has 2 nitrogen and oxygen atoms in total. The Hall–Kier alpha value is -0.370. The second-order valence-electron chi connectivity index (χ2n) is 3.43. The third-order valence-corrected chi connectivity index (χ3v) is 2.25. The number of carbonyl (C=O) groups is 1. The zero-order chi connectivity index (χ0) is 7.72. The van der Waals surface area contributed by atoms with Crippen molar-refractivity contribution in [2.45, 2.75) is 32.7 Å². The van der Waals surface area contributed by atoms with Crippen molar-refractivity contribution >= 4 is 5.78 Å². The molecule has 1 fully saturated rings. The van der Waals surface area contributed by atoms with E-state index in [4.69, 9.17) is 5.73 Å². The van der Waals surface area contributed by atoms with Gasteiger partial charge in [-0.05, 0) is 25.2 Å². The van der Waals surface area contributed by atoms with Crippen molar-refractivity contribution in [1.29, 1.82) is 0 Å². The van der Waals surface area contributed by atoms with Crippen molar-refractivity contribution in [1.82, 2.24) is 0 Å². The van der Waals surface area contributed by atoms with E-state index in [0.29, 0.717) is 12.3 Å². The van der Waals surface area contributed by atoms with E-state index < -0.39 is 0 Å². The Balaban J connectivity index is 2.20. The quantitative estimate of drug-likeness (QED) is 0.636. The van der Waals surface area contributed by atoms with Crippen LogP contribution in [0, 0.1) is 11.8 Å². The van der Waals surface area contributed by atoms with Gasteiger partial charge in [0.05, 0.1) is 6.04 Å². The summed E-state index contributed by atoms with van der Waals surface area (Å²) in [6.45, 7) is 3.94. The maximum Gasteiger partial charge on any atom is 0.149 e. The Labute approximate surface area is 61.8 Å². The SMILES string of the molecule is CC1CC1CC(=O)[C@@H](C)N. The van der Waals surface area contributed by atoms with E-state index >= 15 is 0 Å². The minimum absolute atomic E-state index is 0.217. The van der Waals surface area contributed by atoms with Crippen LogP contribution in [0.1, 0.15) is 26.7 Å². The van der Waals surface area contributed by atoms with Crippen molar-refractivity contribution in [3.63, 3.8) is 0 Å². The summed E-state index contributed by atoms with van der Waals surface area (Å²) >= 11 is 0. The first-order valence-corrected chi connectivity index (χ1v) is 3.89. The van der Waals surface area contributed by atoms with Gasteiger partial charge in [-0.15, -0.1) is 0 Å². The lowest BCUT2D eigenvalue weighted by molar-refractivity contribution is -0.120. The van der Waals surface area contributed by atoms with Crippen LogP contribution in [-0.4, -0.2) is 11.8 Å². The van der Waals surface area contributed by atoms with Crippen LogP contribution in [0.4, 0.5) is 0 Å². The van der Waals surface area contributed by atoms with Gasteiger partial charge in [0.15, 0.2) is 0 Å². The molecular weight excluding hydrogens is 126 g/mol. The molecule has 0 bridgehead atoms. The van der Waals surface area contributed by atoms with E-state index in [9.17, 15) is 4.79 Å². The van der Waals surface area contributed by atoms with Crippen molar-refractivity contribution in [3.8, 4) is 0 Å². The molecule has 10 heavy (non-hydrogen) atoms. The fourth-order valence-electron chi connectivity index (χ4n) is 1.13. The van der Waals surface area contributed by atoms with Gasteiger partial charge in [0.2, 0.25) is 0 Å². The van der Waals surface area contributed by atoms with Crippen molar-refractivity contribution in [3.05, 3.63) is 0 Å². The van der Waals surface area contributed by atoms with E-state index in [0.717, 1.165) is 5.92 Å². The molecule has 0 saturated heterocycles. The van der Waals surface area contributed by atoms with Crippen molar-refractivity contribution < 1.29 is 4.79 Å². The molecule has 1 saturated carbocycles. The summed E-state index contributed by atoms with van der Waals surface area (Å²) in [6, 6.07) is -0.257. The standard InChI is InChI=1S/C8H15NO/c1-5-3-7(5)4-8(10)6(2)9/h5-7H,3-4,9H2,1-2H3/t5?,6-,7?/m1/s1. The Bertz CT molecular complexity index is 142. The topological polar surface area (TPSA) is 43.1 Å². The molecule has 1 aliphatic carbocycles. The Kier molecular flexibility index (Phi) is 2.09. The average molecular weight is 141 g/mol. The molecule has 0 spiro atoms. The molecule has 0 amide bonds. The van der Waals surface area contributed by atoms with Gasteiger partial charge >= 0.3 is 0 Å². The summed E-state index contributed by atoms with van der Waals surface area (Å²) in [5, 5.41) is 0. The zero-order valence-corrected chi connectivity index (χ0v) is 6.63. The molecule has 1 rings (SSSR count). The lowest BCUT2D eigenvalue weighted by Gasteiger charge is -2.01. The molecule has 58 valence electrons. The highest BCUT2D eigenvalue weighted by molar-refractivity contribution is 5.83. The van der Waals surface area contributed by atoms with Gasteiger partial charge in [-0.1, -0.05) is 6.92 Å². The number of hydrogen-bond donors (Lipinski definition) is 1. The predicted molar refractivity (Wildman–Crippen MR) is 40.5 cm³/mol. The third kappa shape index (κ3) is 1.81. The molecule has 2 heteroatoms. The first-order chi connectivity index (χ1) is 4.61. The fourth-order valence-corrected chi connectivity index (χ4v) is 1.13. The van der Waals surface area contributed by atoms with Gasteiger partial charge in [0.25, 0.3) is 0 Å². The predicted octanol–water partition coefficient (Wildman–Crippen LogP) is 0.949. The van der Waals surface area contributed by atoms with E-state index in [2.05, 4.69) is 6.92 Å². The minimum atomic E-state index is -0.257. The highest BCUT2D eigenvalue weighted by Gasteiger charge is 2.34. The van der Waals surface area contributed by atoms with E-state index in [-0.39, 0.29) is 11.8 Å². The van der Waals surface area contributed by atoms with Crippen LogP contribution in [0.2, 0.25) is 0 Å². The first kappa shape index (κ1) is 7.73. The summed E-state index contributed by atoms with van der Waals surface area (Å²) in [7, 11) is 0. The number of hydrogen-bond acceptors (Lipinski definition) is 2. The average Bonchev–Trinajstić information content (AvgIpc) is 2.46. The monoisotopic (exact) mass is 141 g/mol. The molecule has 0 aliphatic heterocycles. The molecule has 1 aliphatic rings. The Morgan fingerprint density at radius 2 is 2.30 bits per heavy atom.